The van der Waals surface area contributed by atoms with Crippen molar-refractivity contribution in [3.8, 4) is 0 Å². The van der Waals surface area contributed by atoms with E-state index in [1.165, 1.54) is 0 Å². The molecule has 0 aromatic rings. The first-order valence-corrected chi connectivity index (χ1v) is 4.73. The molecule has 5 heteroatoms. The van der Waals surface area contributed by atoms with E-state index in [-0.39, 0.29) is 5.92 Å². The van der Waals surface area contributed by atoms with Crippen LogP contribution in [0.2, 0.25) is 0 Å². The molecule has 0 aromatic carbocycles. The molecule has 0 bridgehead atoms. The van der Waals surface area contributed by atoms with Gasteiger partial charge in [0.1, 0.15) is 18.3 Å². The van der Waals surface area contributed by atoms with Crippen LogP contribution in [0.5, 0.6) is 0 Å². The molecule has 0 radical (unpaired) electrons. The largest absolute Gasteiger partial charge is 0.394 e. The molecule has 0 aromatic heterocycles. The predicted molar refractivity (Wildman–Crippen MR) is 50.6 cm³/mol. The minimum absolute atomic E-state index is 0.179. The number of aliphatic hydroxyl groups excluding tert-OH is 5. The lowest BCUT2D eigenvalue weighted by molar-refractivity contribution is -0.118. The summed E-state index contributed by atoms with van der Waals surface area (Å²) in [5.74, 6) is 0.179. The summed E-state index contributed by atoms with van der Waals surface area (Å²) < 4.78 is 0. The van der Waals surface area contributed by atoms with E-state index in [1.807, 2.05) is 13.8 Å². The Kier molecular flexibility index (Phi) is 6.22. The summed E-state index contributed by atoms with van der Waals surface area (Å²) >= 11 is 0. The molecular formula is C9H20O5. The van der Waals surface area contributed by atoms with E-state index in [0.717, 1.165) is 0 Å². The van der Waals surface area contributed by atoms with E-state index in [2.05, 4.69) is 0 Å². The Morgan fingerprint density at radius 1 is 0.857 bits per heavy atom. The van der Waals surface area contributed by atoms with Gasteiger partial charge in [0.25, 0.3) is 0 Å². The molecule has 0 saturated heterocycles. The molecule has 0 spiro atoms. The molecule has 14 heavy (non-hydrogen) atoms. The van der Waals surface area contributed by atoms with Gasteiger partial charge in [0.15, 0.2) is 0 Å². The number of aliphatic hydroxyl groups is 5. The van der Waals surface area contributed by atoms with Crippen molar-refractivity contribution < 1.29 is 25.5 Å². The van der Waals surface area contributed by atoms with Gasteiger partial charge in [0.05, 0.1) is 12.7 Å². The van der Waals surface area contributed by atoms with Gasteiger partial charge in [-0.15, -0.1) is 0 Å². The summed E-state index contributed by atoms with van der Waals surface area (Å²) in [6.45, 7) is 3.09. The molecule has 5 N–H and O–H groups in total. The molecule has 0 aliphatic carbocycles. The van der Waals surface area contributed by atoms with Gasteiger partial charge in [0.2, 0.25) is 0 Å². The van der Waals surface area contributed by atoms with Crippen molar-refractivity contribution in [3.05, 3.63) is 0 Å². The third-order valence-electron chi connectivity index (χ3n) is 2.04. The minimum Gasteiger partial charge on any atom is -0.394 e. The highest BCUT2D eigenvalue weighted by Crippen LogP contribution is 2.12. The lowest BCUT2D eigenvalue weighted by atomic mass is 9.96. The molecule has 0 amide bonds. The number of hydrogen-bond donors (Lipinski definition) is 5. The zero-order valence-electron chi connectivity index (χ0n) is 8.54. The van der Waals surface area contributed by atoms with E-state index >= 15 is 0 Å². The molecule has 0 aliphatic rings. The Morgan fingerprint density at radius 2 is 1.29 bits per heavy atom. The molecule has 0 heterocycles. The van der Waals surface area contributed by atoms with Crippen LogP contribution in [0, 0.1) is 5.92 Å². The van der Waals surface area contributed by atoms with Crippen LogP contribution in [0.15, 0.2) is 0 Å². The molecular weight excluding hydrogens is 188 g/mol. The first-order valence-electron chi connectivity index (χ1n) is 4.73. The van der Waals surface area contributed by atoms with Crippen LogP contribution in [0.3, 0.4) is 0 Å². The molecule has 0 saturated carbocycles. The second-order valence-corrected chi connectivity index (χ2v) is 3.93. The van der Waals surface area contributed by atoms with Crippen LogP contribution in [0.4, 0.5) is 0 Å². The van der Waals surface area contributed by atoms with Crippen molar-refractivity contribution in [1.29, 1.82) is 0 Å². The fourth-order valence-electron chi connectivity index (χ4n) is 1.19. The zero-order valence-corrected chi connectivity index (χ0v) is 8.54. The standard InChI is InChI=1S/C9H20O5/c1-5(2)3-6(11)8(13)9(14)7(12)4-10/h5-14H,3-4H2,1-2H3/t6-,7+,8+,9-/m0/s1. The number of rotatable bonds is 6. The summed E-state index contributed by atoms with van der Waals surface area (Å²) in [5.41, 5.74) is 0. The lowest BCUT2D eigenvalue weighted by Crippen LogP contribution is -2.46. The molecule has 4 atom stereocenters. The first kappa shape index (κ1) is 13.8. The smallest absolute Gasteiger partial charge is 0.110 e. The fraction of sp³-hybridized carbons (Fsp3) is 1.00. The molecule has 5 nitrogen and oxygen atoms in total. The minimum atomic E-state index is -1.52. The normalized spacial score (nSPS) is 20.6. The van der Waals surface area contributed by atoms with Crippen LogP contribution < -0.4 is 0 Å². The highest BCUT2D eigenvalue weighted by Gasteiger charge is 2.29. The molecule has 0 unspecified atom stereocenters. The van der Waals surface area contributed by atoms with Crippen LogP contribution in [0.25, 0.3) is 0 Å². The van der Waals surface area contributed by atoms with Gasteiger partial charge in [-0.3, -0.25) is 0 Å². The Hall–Kier alpha value is -0.200. The average Bonchev–Trinajstić information content (AvgIpc) is 2.13. The van der Waals surface area contributed by atoms with Gasteiger partial charge in [-0.2, -0.15) is 0 Å². The van der Waals surface area contributed by atoms with Crippen molar-refractivity contribution in [2.24, 2.45) is 5.92 Å². The van der Waals surface area contributed by atoms with E-state index in [9.17, 15) is 15.3 Å². The van der Waals surface area contributed by atoms with Crippen molar-refractivity contribution in [3.63, 3.8) is 0 Å². The summed E-state index contributed by atoms with van der Waals surface area (Å²) in [5, 5.41) is 45.5. The van der Waals surface area contributed by atoms with Crippen LogP contribution in [0.1, 0.15) is 20.3 Å². The Bertz CT molecular complexity index is 150. The Balaban J connectivity index is 4.09. The summed E-state index contributed by atoms with van der Waals surface area (Å²) in [6.07, 6.45) is -5.14. The monoisotopic (exact) mass is 208 g/mol. The van der Waals surface area contributed by atoms with Crippen LogP contribution in [-0.4, -0.2) is 56.6 Å². The van der Waals surface area contributed by atoms with E-state index < -0.39 is 31.0 Å². The maximum atomic E-state index is 9.40. The van der Waals surface area contributed by atoms with E-state index in [0.29, 0.717) is 6.42 Å². The lowest BCUT2D eigenvalue weighted by Gasteiger charge is -2.26. The third-order valence-corrected chi connectivity index (χ3v) is 2.04. The van der Waals surface area contributed by atoms with Gasteiger partial charge < -0.3 is 25.5 Å². The van der Waals surface area contributed by atoms with Gasteiger partial charge >= 0.3 is 0 Å². The van der Waals surface area contributed by atoms with Crippen molar-refractivity contribution >= 4 is 0 Å². The maximum absolute atomic E-state index is 9.40. The first-order chi connectivity index (χ1) is 6.40. The summed E-state index contributed by atoms with van der Waals surface area (Å²) in [7, 11) is 0. The fourth-order valence-corrected chi connectivity index (χ4v) is 1.19. The Labute approximate surface area is 83.6 Å². The third kappa shape index (κ3) is 4.34. The number of hydrogen-bond acceptors (Lipinski definition) is 5. The maximum Gasteiger partial charge on any atom is 0.110 e. The van der Waals surface area contributed by atoms with Crippen LogP contribution in [-0.2, 0) is 0 Å². The SMILES string of the molecule is CC(C)C[C@H](O)[C@@H](O)[C@@H](O)[C@H](O)CO. The van der Waals surface area contributed by atoms with E-state index in [4.69, 9.17) is 10.2 Å². The van der Waals surface area contributed by atoms with E-state index in [1.54, 1.807) is 0 Å². The zero-order chi connectivity index (χ0) is 11.3. The van der Waals surface area contributed by atoms with Crippen molar-refractivity contribution in [2.75, 3.05) is 6.61 Å². The van der Waals surface area contributed by atoms with Crippen molar-refractivity contribution in [1.82, 2.24) is 0 Å². The molecule has 0 rings (SSSR count). The Morgan fingerprint density at radius 3 is 1.64 bits per heavy atom. The highest BCUT2D eigenvalue weighted by molar-refractivity contribution is 4.80. The van der Waals surface area contributed by atoms with Gasteiger partial charge in [0, 0.05) is 0 Å². The second kappa shape index (κ2) is 6.31. The van der Waals surface area contributed by atoms with Gasteiger partial charge in [-0.05, 0) is 12.3 Å². The highest BCUT2D eigenvalue weighted by atomic mass is 16.4. The molecule has 0 aliphatic heterocycles. The quantitative estimate of drug-likeness (QED) is 0.364. The predicted octanol–water partition coefficient (Wildman–Crippen LogP) is -1.53. The van der Waals surface area contributed by atoms with Crippen molar-refractivity contribution in [2.45, 2.75) is 44.7 Å². The topological polar surface area (TPSA) is 101 Å². The second-order valence-electron chi connectivity index (χ2n) is 3.93. The molecule has 86 valence electrons. The van der Waals surface area contributed by atoms with Crippen LogP contribution >= 0.6 is 0 Å². The summed E-state index contributed by atoms with van der Waals surface area (Å²) in [6, 6.07) is 0. The van der Waals surface area contributed by atoms with Gasteiger partial charge in [-0.1, -0.05) is 13.8 Å². The molecule has 0 fully saturated rings. The average molecular weight is 208 g/mol. The van der Waals surface area contributed by atoms with Gasteiger partial charge in [-0.25, -0.2) is 0 Å². The summed E-state index contributed by atoms with van der Waals surface area (Å²) in [4.78, 5) is 0.